The molecule has 1 aromatic heterocycles. The molecular formula is C12H19N3O. The Morgan fingerprint density at radius 2 is 2.44 bits per heavy atom. The fourth-order valence-electron chi connectivity index (χ4n) is 1.94. The number of nitrogens with zero attached hydrogens (tertiary/aromatic N) is 2. The highest BCUT2D eigenvalue weighted by atomic mass is 16.5. The Bertz CT molecular complexity index is 335. The van der Waals surface area contributed by atoms with Gasteiger partial charge in [-0.05, 0) is 12.5 Å². The number of ether oxygens (including phenoxy) is 1. The third-order valence-electron chi connectivity index (χ3n) is 2.87. The molecule has 0 aromatic carbocycles. The van der Waals surface area contributed by atoms with E-state index in [1.54, 1.807) is 0 Å². The average Bonchev–Trinajstić information content (AvgIpc) is 2.79. The maximum Gasteiger partial charge on any atom is 0.0620 e. The van der Waals surface area contributed by atoms with Crippen molar-refractivity contribution in [2.75, 3.05) is 32.2 Å². The van der Waals surface area contributed by atoms with Crippen molar-refractivity contribution in [3.8, 4) is 0 Å². The van der Waals surface area contributed by atoms with Crippen LogP contribution in [-0.4, -0.2) is 38.3 Å². The van der Waals surface area contributed by atoms with E-state index in [1.807, 2.05) is 18.5 Å². The predicted octanol–water partition coefficient (Wildman–Crippen LogP) is 1.03. The van der Waals surface area contributed by atoms with Crippen LogP contribution < -0.4 is 10.2 Å². The molecule has 2 rings (SSSR count). The summed E-state index contributed by atoms with van der Waals surface area (Å²) in [6, 6.07) is 2.54. The van der Waals surface area contributed by atoms with Crippen LogP contribution in [-0.2, 0) is 11.3 Å². The molecular weight excluding hydrogens is 202 g/mol. The molecule has 0 saturated carbocycles. The van der Waals surface area contributed by atoms with Crippen LogP contribution >= 0.6 is 0 Å². The number of anilines is 1. The van der Waals surface area contributed by atoms with Gasteiger partial charge < -0.3 is 15.0 Å². The first-order valence-electron chi connectivity index (χ1n) is 5.68. The van der Waals surface area contributed by atoms with Gasteiger partial charge in [0.2, 0.25) is 0 Å². The molecule has 1 saturated heterocycles. The van der Waals surface area contributed by atoms with Crippen LogP contribution in [0.25, 0.3) is 0 Å². The van der Waals surface area contributed by atoms with E-state index in [0.717, 1.165) is 26.2 Å². The molecule has 88 valence electrons. The molecule has 0 aliphatic carbocycles. The largest absolute Gasteiger partial charge is 0.380 e. The van der Waals surface area contributed by atoms with Gasteiger partial charge in [-0.1, -0.05) is 0 Å². The highest BCUT2D eigenvalue weighted by Gasteiger charge is 2.15. The van der Waals surface area contributed by atoms with Crippen molar-refractivity contribution in [3.05, 3.63) is 24.0 Å². The maximum absolute atomic E-state index is 5.33. The number of nitrogens with one attached hydrogen (secondary N) is 1. The third kappa shape index (κ3) is 2.71. The highest BCUT2D eigenvalue weighted by Crippen LogP contribution is 2.16. The smallest absolute Gasteiger partial charge is 0.0620 e. The Morgan fingerprint density at radius 1 is 1.56 bits per heavy atom. The van der Waals surface area contributed by atoms with E-state index in [0.29, 0.717) is 6.04 Å². The van der Waals surface area contributed by atoms with Crippen LogP contribution in [0.2, 0.25) is 0 Å². The van der Waals surface area contributed by atoms with Gasteiger partial charge in [0.15, 0.2) is 0 Å². The summed E-state index contributed by atoms with van der Waals surface area (Å²) in [5, 5.41) is 3.50. The second-order valence-electron chi connectivity index (χ2n) is 4.34. The van der Waals surface area contributed by atoms with Gasteiger partial charge in [0, 0.05) is 56.9 Å². The van der Waals surface area contributed by atoms with Gasteiger partial charge in [0.1, 0.15) is 0 Å². The van der Waals surface area contributed by atoms with Crippen LogP contribution in [0.1, 0.15) is 12.0 Å². The molecule has 0 bridgehead atoms. The van der Waals surface area contributed by atoms with Crippen LogP contribution in [0, 0.1) is 0 Å². The summed E-state index contributed by atoms with van der Waals surface area (Å²) in [4.78, 5) is 6.29. The Morgan fingerprint density at radius 3 is 3.12 bits per heavy atom. The highest BCUT2D eigenvalue weighted by molar-refractivity contribution is 5.50. The zero-order chi connectivity index (χ0) is 11.4. The number of aromatic nitrogens is 1. The summed E-state index contributed by atoms with van der Waals surface area (Å²) in [6.07, 6.45) is 4.87. The minimum atomic E-state index is 0.496. The lowest BCUT2D eigenvalue weighted by Gasteiger charge is -2.18. The van der Waals surface area contributed by atoms with Crippen molar-refractivity contribution in [2.24, 2.45) is 0 Å². The molecule has 4 heteroatoms. The second-order valence-corrected chi connectivity index (χ2v) is 4.34. The van der Waals surface area contributed by atoms with E-state index in [1.165, 1.54) is 11.3 Å². The first-order chi connectivity index (χ1) is 7.77. The zero-order valence-electron chi connectivity index (χ0n) is 9.94. The zero-order valence-corrected chi connectivity index (χ0v) is 9.94. The monoisotopic (exact) mass is 221 g/mol. The Kier molecular flexibility index (Phi) is 3.74. The lowest BCUT2D eigenvalue weighted by atomic mass is 10.2. The van der Waals surface area contributed by atoms with Gasteiger partial charge in [-0.2, -0.15) is 0 Å². The molecule has 1 aliphatic rings. The van der Waals surface area contributed by atoms with Gasteiger partial charge >= 0.3 is 0 Å². The minimum Gasteiger partial charge on any atom is -0.380 e. The quantitative estimate of drug-likeness (QED) is 0.824. The van der Waals surface area contributed by atoms with E-state index in [-0.39, 0.29) is 0 Å². The summed E-state index contributed by atoms with van der Waals surface area (Å²) in [5.41, 5.74) is 2.46. The lowest BCUT2D eigenvalue weighted by Crippen LogP contribution is -2.29. The number of hydrogen-bond donors (Lipinski definition) is 1. The molecule has 0 amide bonds. The molecule has 1 fully saturated rings. The second kappa shape index (κ2) is 5.27. The van der Waals surface area contributed by atoms with E-state index in [4.69, 9.17) is 4.74 Å². The lowest BCUT2D eigenvalue weighted by molar-refractivity contribution is 0.190. The molecule has 0 radical (unpaired) electrons. The van der Waals surface area contributed by atoms with Crippen molar-refractivity contribution >= 4 is 5.69 Å². The molecule has 1 atom stereocenters. The molecule has 1 unspecified atom stereocenters. The van der Waals surface area contributed by atoms with Gasteiger partial charge in [0.25, 0.3) is 0 Å². The minimum absolute atomic E-state index is 0.496. The van der Waals surface area contributed by atoms with E-state index >= 15 is 0 Å². The fourth-order valence-corrected chi connectivity index (χ4v) is 1.94. The van der Waals surface area contributed by atoms with E-state index in [9.17, 15) is 0 Å². The van der Waals surface area contributed by atoms with Gasteiger partial charge in [0.05, 0.1) is 6.61 Å². The molecule has 1 aromatic rings. The third-order valence-corrected chi connectivity index (χ3v) is 2.87. The average molecular weight is 221 g/mol. The first kappa shape index (κ1) is 11.4. The number of pyridine rings is 1. The van der Waals surface area contributed by atoms with Crippen molar-refractivity contribution in [2.45, 2.75) is 19.0 Å². The SMILES string of the molecule is CN(C)c1ccncc1CNC1CCOC1. The predicted molar refractivity (Wildman–Crippen MR) is 64.6 cm³/mol. The van der Waals surface area contributed by atoms with Gasteiger partial charge in [-0.3, -0.25) is 4.98 Å². The van der Waals surface area contributed by atoms with Crippen molar-refractivity contribution < 1.29 is 4.74 Å². The topological polar surface area (TPSA) is 37.4 Å². The molecule has 0 spiro atoms. The standard InChI is InChI=1S/C12H19N3O/c1-15(2)12-3-5-13-7-10(12)8-14-11-4-6-16-9-11/h3,5,7,11,14H,4,6,8-9H2,1-2H3. The number of hydrogen-bond acceptors (Lipinski definition) is 4. The first-order valence-corrected chi connectivity index (χ1v) is 5.68. The molecule has 1 aliphatic heterocycles. The van der Waals surface area contributed by atoms with Crippen LogP contribution in [0.3, 0.4) is 0 Å². The van der Waals surface area contributed by atoms with Crippen molar-refractivity contribution in [1.29, 1.82) is 0 Å². The Hall–Kier alpha value is -1.13. The van der Waals surface area contributed by atoms with E-state index in [2.05, 4.69) is 29.3 Å². The summed E-state index contributed by atoms with van der Waals surface area (Å²) in [6.45, 7) is 2.57. The van der Waals surface area contributed by atoms with E-state index < -0.39 is 0 Å². The normalized spacial score (nSPS) is 20.0. The van der Waals surface area contributed by atoms with Crippen LogP contribution in [0.15, 0.2) is 18.5 Å². The summed E-state index contributed by atoms with van der Waals surface area (Å²) in [5.74, 6) is 0. The Balaban J connectivity index is 1.97. The number of rotatable bonds is 4. The summed E-state index contributed by atoms with van der Waals surface area (Å²) < 4.78 is 5.33. The fraction of sp³-hybridized carbons (Fsp3) is 0.583. The van der Waals surface area contributed by atoms with Crippen molar-refractivity contribution in [1.82, 2.24) is 10.3 Å². The molecule has 16 heavy (non-hydrogen) atoms. The van der Waals surface area contributed by atoms with Gasteiger partial charge in [-0.25, -0.2) is 0 Å². The molecule has 1 N–H and O–H groups in total. The molecule has 4 nitrogen and oxygen atoms in total. The van der Waals surface area contributed by atoms with Crippen LogP contribution in [0.5, 0.6) is 0 Å². The molecule has 2 heterocycles. The maximum atomic E-state index is 5.33. The summed E-state index contributed by atoms with van der Waals surface area (Å²) in [7, 11) is 4.11. The van der Waals surface area contributed by atoms with Gasteiger partial charge in [-0.15, -0.1) is 0 Å². The van der Waals surface area contributed by atoms with Crippen molar-refractivity contribution in [3.63, 3.8) is 0 Å². The Labute approximate surface area is 96.6 Å². The summed E-state index contributed by atoms with van der Waals surface area (Å²) >= 11 is 0. The van der Waals surface area contributed by atoms with Crippen LogP contribution in [0.4, 0.5) is 5.69 Å².